The molecule has 0 radical (unpaired) electrons. The van der Waals surface area contributed by atoms with Crippen LogP contribution in [0, 0.1) is 5.92 Å². The summed E-state index contributed by atoms with van der Waals surface area (Å²) in [4.78, 5) is 11.2. The predicted molar refractivity (Wildman–Crippen MR) is 61.1 cm³/mol. The highest BCUT2D eigenvalue weighted by atomic mass is 16.3. The van der Waals surface area contributed by atoms with Crippen molar-refractivity contribution >= 4 is 11.6 Å². The molecule has 84 valence electrons. The molecule has 1 amide bonds. The molecule has 1 fully saturated rings. The van der Waals surface area contributed by atoms with Crippen LogP contribution in [0.2, 0.25) is 0 Å². The average Bonchev–Trinajstić information content (AvgIpc) is 3.11. The van der Waals surface area contributed by atoms with E-state index in [-0.39, 0.29) is 12.0 Å². The highest BCUT2D eigenvalue weighted by molar-refractivity contribution is 5.93. The van der Waals surface area contributed by atoms with Gasteiger partial charge in [-0.3, -0.25) is 4.79 Å². The van der Waals surface area contributed by atoms with Crippen molar-refractivity contribution in [3.63, 3.8) is 0 Å². The third-order valence-electron chi connectivity index (χ3n) is 3.43. The van der Waals surface area contributed by atoms with E-state index in [4.69, 9.17) is 0 Å². The molecule has 16 heavy (non-hydrogen) atoms. The molecule has 0 bridgehead atoms. The molecule has 1 unspecified atom stereocenters. The van der Waals surface area contributed by atoms with E-state index in [0.717, 1.165) is 36.1 Å². The molecule has 3 rings (SSSR count). The standard InChI is InChI=1S/C13H15NO2/c15-12-6-4-9-7-10(3-5-11(9)14-12)13(16)8-1-2-8/h3,5,7-8,13,16H,1-2,4,6H2,(H,14,15). The van der Waals surface area contributed by atoms with E-state index in [1.54, 1.807) is 0 Å². The number of nitrogens with one attached hydrogen (secondary N) is 1. The summed E-state index contributed by atoms with van der Waals surface area (Å²) < 4.78 is 0. The predicted octanol–water partition coefficient (Wildman–Crippen LogP) is 2.01. The Morgan fingerprint density at radius 3 is 2.88 bits per heavy atom. The number of aliphatic hydroxyl groups is 1. The molecule has 1 saturated carbocycles. The Balaban J connectivity index is 1.89. The first-order valence-corrected chi connectivity index (χ1v) is 5.85. The number of rotatable bonds is 2. The normalized spacial score (nSPS) is 21.2. The van der Waals surface area contributed by atoms with Crippen LogP contribution in [0.4, 0.5) is 5.69 Å². The highest BCUT2D eigenvalue weighted by Crippen LogP contribution is 2.41. The molecule has 0 aromatic heterocycles. The number of carbonyl (C=O) groups is 1. The first-order chi connectivity index (χ1) is 7.74. The molecule has 1 aromatic carbocycles. The van der Waals surface area contributed by atoms with E-state index in [2.05, 4.69) is 5.32 Å². The molecule has 1 aromatic rings. The van der Waals surface area contributed by atoms with Crippen molar-refractivity contribution in [3.8, 4) is 0 Å². The number of hydrogen-bond acceptors (Lipinski definition) is 2. The minimum Gasteiger partial charge on any atom is -0.388 e. The van der Waals surface area contributed by atoms with E-state index in [1.165, 1.54) is 0 Å². The van der Waals surface area contributed by atoms with E-state index >= 15 is 0 Å². The molecule has 3 heteroatoms. The molecule has 2 aliphatic rings. The Hall–Kier alpha value is -1.35. The van der Waals surface area contributed by atoms with Crippen molar-refractivity contribution in [3.05, 3.63) is 29.3 Å². The van der Waals surface area contributed by atoms with Crippen LogP contribution in [0.15, 0.2) is 18.2 Å². The van der Waals surface area contributed by atoms with E-state index < -0.39 is 0 Å². The zero-order valence-corrected chi connectivity index (χ0v) is 9.07. The minimum atomic E-state index is -0.317. The zero-order chi connectivity index (χ0) is 11.1. The second kappa shape index (κ2) is 3.59. The van der Waals surface area contributed by atoms with Crippen LogP contribution >= 0.6 is 0 Å². The summed E-state index contributed by atoms with van der Waals surface area (Å²) in [5.41, 5.74) is 3.05. The number of aliphatic hydroxyl groups excluding tert-OH is 1. The fourth-order valence-electron chi connectivity index (χ4n) is 2.27. The van der Waals surface area contributed by atoms with Gasteiger partial charge in [0.2, 0.25) is 5.91 Å². The van der Waals surface area contributed by atoms with Gasteiger partial charge in [0, 0.05) is 12.1 Å². The summed E-state index contributed by atoms with van der Waals surface area (Å²) in [6.45, 7) is 0. The maximum atomic E-state index is 11.2. The number of carbonyl (C=O) groups excluding carboxylic acids is 1. The van der Waals surface area contributed by atoms with Gasteiger partial charge in [-0.2, -0.15) is 0 Å². The van der Waals surface area contributed by atoms with Crippen LogP contribution < -0.4 is 5.32 Å². The molecule has 1 aliphatic heterocycles. The lowest BCUT2D eigenvalue weighted by molar-refractivity contribution is -0.116. The average molecular weight is 217 g/mol. The summed E-state index contributed by atoms with van der Waals surface area (Å²) in [7, 11) is 0. The smallest absolute Gasteiger partial charge is 0.224 e. The molecule has 1 aliphatic carbocycles. The van der Waals surface area contributed by atoms with Gasteiger partial charge in [-0.15, -0.1) is 0 Å². The Labute approximate surface area is 94.5 Å². The molecule has 0 saturated heterocycles. The van der Waals surface area contributed by atoms with Crippen LogP contribution in [0.1, 0.15) is 36.5 Å². The van der Waals surface area contributed by atoms with Crippen molar-refractivity contribution in [1.29, 1.82) is 0 Å². The summed E-state index contributed by atoms with van der Waals surface area (Å²) in [6, 6.07) is 5.87. The summed E-state index contributed by atoms with van der Waals surface area (Å²) in [6.07, 6.45) is 3.29. The lowest BCUT2D eigenvalue weighted by Gasteiger charge is -2.19. The van der Waals surface area contributed by atoms with Crippen LogP contribution in [-0.2, 0) is 11.2 Å². The number of anilines is 1. The summed E-state index contributed by atoms with van der Waals surface area (Å²) in [5.74, 6) is 0.541. The topological polar surface area (TPSA) is 49.3 Å². The number of amides is 1. The fraction of sp³-hybridized carbons (Fsp3) is 0.462. The van der Waals surface area contributed by atoms with Gasteiger partial charge in [-0.25, -0.2) is 0 Å². The molecule has 1 heterocycles. The number of benzene rings is 1. The van der Waals surface area contributed by atoms with Crippen LogP contribution in [0.25, 0.3) is 0 Å². The number of fused-ring (bicyclic) bond motifs is 1. The van der Waals surface area contributed by atoms with Crippen molar-refractivity contribution in [1.82, 2.24) is 0 Å². The molecule has 0 spiro atoms. The minimum absolute atomic E-state index is 0.0861. The van der Waals surface area contributed by atoms with Gasteiger partial charge in [0.15, 0.2) is 0 Å². The lowest BCUT2D eigenvalue weighted by atomic mass is 9.97. The van der Waals surface area contributed by atoms with Crippen molar-refractivity contribution in [2.75, 3.05) is 5.32 Å². The molecular weight excluding hydrogens is 202 g/mol. The van der Waals surface area contributed by atoms with Gasteiger partial charge in [0.25, 0.3) is 0 Å². The van der Waals surface area contributed by atoms with Crippen LogP contribution in [-0.4, -0.2) is 11.0 Å². The van der Waals surface area contributed by atoms with Crippen molar-refractivity contribution in [2.24, 2.45) is 5.92 Å². The van der Waals surface area contributed by atoms with Crippen LogP contribution in [0.3, 0.4) is 0 Å². The quantitative estimate of drug-likeness (QED) is 0.796. The molecule has 1 atom stereocenters. The monoisotopic (exact) mass is 217 g/mol. The van der Waals surface area contributed by atoms with Gasteiger partial charge >= 0.3 is 0 Å². The van der Waals surface area contributed by atoms with Crippen molar-refractivity contribution < 1.29 is 9.90 Å². The Kier molecular flexibility index (Phi) is 2.21. The number of hydrogen-bond donors (Lipinski definition) is 2. The summed E-state index contributed by atoms with van der Waals surface area (Å²) in [5, 5.41) is 12.9. The maximum absolute atomic E-state index is 11.2. The zero-order valence-electron chi connectivity index (χ0n) is 9.07. The molecular formula is C13H15NO2. The van der Waals surface area contributed by atoms with E-state index in [0.29, 0.717) is 12.3 Å². The second-order valence-electron chi connectivity index (χ2n) is 4.75. The third-order valence-corrected chi connectivity index (χ3v) is 3.43. The molecule has 2 N–H and O–H groups in total. The first kappa shape index (κ1) is 9.85. The maximum Gasteiger partial charge on any atom is 0.224 e. The number of aryl methyl sites for hydroxylation is 1. The van der Waals surface area contributed by atoms with Crippen LogP contribution in [0.5, 0.6) is 0 Å². The third kappa shape index (κ3) is 1.71. The Morgan fingerprint density at radius 2 is 2.12 bits per heavy atom. The Morgan fingerprint density at radius 1 is 1.31 bits per heavy atom. The van der Waals surface area contributed by atoms with Gasteiger partial charge in [0.05, 0.1) is 6.10 Å². The fourth-order valence-corrected chi connectivity index (χ4v) is 2.27. The van der Waals surface area contributed by atoms with Gasteiger partial charge in [0.1, 0.15) is 0 Å². The van der Waals surface area contributed by atoms with Gasteiger partial charge in [-0.1, -0.05) is 12.1 Å². The van der Waals surface area contributed by atoms with E-state index in [1.807, 2.05) is 18.2 Å². The van der Waals surface area contributed by atoms with Crippen molar-refractivity contribution in [2.45, 2.75) is 31.8 Å². The Bertz CT molecular complexity index is 438. The first-order valence-electron chi connectivity index (χ1n) is 5.85. The van der Waals surface area contributed by atoms with Gasteiger partial charge in [-0.05, 0) is 42.4 Å². The highest BCUT2D eigenvalue weighted by Gasteiger charge is 2.31. The van der Waals surface area contributed by atoms with E-state index in [9.17, 15) is 9.90 Å². The van der Waals surface area contributed by atoms with Gasteiger partial charge < -0.3 is 10.4 Å². The molecule has 3 nitrogen and oxygen atoms in total. The largest absolute Gasteiger partial charge is 0.388 e. The lowest BCUT2D eigenvalue weighted by Crippen LogP contribution is -2.19. The summed E-state index contributed by atoms with van der Waals surface area (Å²) >= 11 is 0. The second-order valence-corrected chi connectivity index (χ2v) is 4.75. The SMILES string of the molecule is O=C1CCc2cc(C(O)C3CC3)ccc2N1.